The molecular weight excluding hydrogens is 172 g/mol. The highest BCUT2D eigenvalue weighted by atomic mass is 16.6. The molecule has 0 spiro atoms. The van der Waals surface area contributed by atoms with Crippen molar-refractivity contribution in [3.05, 3.63) is 46.7 Å². The van der Waals surface area contributed by atoms with Crippen molar-refractivity contribution >= 4 is 5.69 Å². The zero-order valence-electron chi connectivity index (χ0n) is 6.68. The number of anilines is 1. The summed E-state index contributed by atoms with van der Waals surface area (Å²) in [6, 6.07) is 3.40. The summed E-state index contributed by atoms with van der Waals surface area (Å²) in [5.74, 6) is -0.0296. The van der Waals surface area contributed by atoms with Gasteiger partial charge in [0.1, 0.15) is 0 Å². The molecule has 0 aliphatic heterocycles. The minimum absolute atomic E-state index is 0.0296. The van der Waals surface area contributed by atoms with Gasteiger partial charge in [-0.3, -0.25) is 15.1 Å². The van der Waals surface area contributed by atoms with Gasteiger partial charge in [0.25, 0.3) is 6.20 Å². The van der Waals surface area contributed by atoms with E-state index in [1.807, 2.05) is 0 Å². The standard InChI is InChI=1S/C7H8N4O2/c8-7(5-11(12)13)10-6-2-1-3-9-4-6/h1-5,10H,8H2. The van der Waals surface area contributed by atoms with Crippen LogP contribution in [0.15, 0.2) is 36.5 Å². The molecule has 1 aromatic heterocycles. The monoisotopic (exact) mass is 180 g/mol. The number of nitrogens with zero attached hydrogens (tertiary/aromatic N) is 2. The molecule has 3 N–H and O–H groups in total. The minimum atomic E-state index is -0.626. The lowest BCUT2D eigenvalue weighted by Crippen LogP contribution is -2.10. The Morgan fingerprint density at radius 2 is 2.54 bits per heavy atom. The predicted octanol–water partition coefficient (Wildman–Crippen LogP) is 0.528. The average molecular weight is 180 g/mol. The predicted molar refractivity (Wildman–Crippen MR) is 47.1 cm³/mol. The third-order valence-corrected chi connectivity index (χ3v) is 1.19. The molecule has 0 atom stereocenters. The molecule has 0 fully saturated rings. The van der Waals surface area contributed by atoms with Gasteiger partial charge >= 0.3 is 0 Å². The van der Waals surface area contributed by atoms with Crippen LogP contribution in [0.4, 0.5) is 5.69 Å². The number of hydrogen-bond donors (Lipinski definition) is 2. The average Bonchev–Trinajstić information content (AvgIpc) is 2.04. The molecule has 0 aromatic carbocycles. The van der Waals surface area contributed by atoms with Gasteiger partial charge in [-0.1, -0.05) is 0 Å². The molecule has 6 nitrogen and oxygen atoms in total. The largest absolute Gasteiger partial charge is 0.380 e. The van der Waals surface area contributed by atoms with E-state index < -0.39 is 4.92 Å². The fraction of sp³-hybridized carbons (Fsp3) is 0. The first-order valence-electron chi connectivity index (χ1n) is 3.46. The third kappa shape index (κ3) is 3.19. The van der Waals surface area contributed by atoms with E-state index in [0.717, 1.165) is 0 Å². The molecule has 0 aliphatic rings. The number of aromatic nitrogens is 1. The fourth-order valence-electron chi connectivity index (χ4n) is 0.749. The third-order valence-electron chi connectivity index (χ3n) is 1.19. The van der Waals surface area contributed by atoms with Crippen molar-refractivity contribution in [2.75, 3.05) is 5.32 Å². The molecule has 1 rings (SSSR count). The van der Waals surface area contributed by atoms with Gasteiger partial charge < -0.3 is 11.1 Å². The summed E-state index contributed by atoms with van der Waals surface area (Å²) < 4.78 is 0. The molecule has 0 amide bonds. The second-order valence-electron chi connectivity index (χ2n) is 2.24. The highest BCUT2D eigenvalue weighted by Gasteiger charge is 1.96. The van der Waals surface area contributed by atoms with E-state index in [1.165, 1.54) is 6.20 Å². The van der Waals surface area contributed by atoms with E-state index in [0.29, 0.717) is 11.9 Å². The van der Waals surface area contributed by atoms with Crippen LogP contribution in [0.1, 0.15) is 0 Å². The van der Waals surface area contributed by atoms with Crippen LogP contribution in [0.5, 0.6) is 0 Å². The second kappa shape index (κ2) is 4.05. The van der Waals surface area contributed by atoms with Crippen LogP contribution in [0.3, 0.4) is 0 Å². The number of pyridine rings is 1. The Bertz CT molecular complexity index is 323. The van der Waals surface area contributed by atoms with Crippen molar-refractivity contribution in [2.24, 2.45) is 5.73 Å². The number of rotatable bonds is 3. The zero-order valence-corrected chi connectivity index (χ0v) is 6.68. The Morgan fingerprint density at radius 1 is 1.77 bits per heavy atom. The Morgan fingerprint density at radius 3 is 3.08 bits per heavy atom. The van der Waals surface area contributed by atoms with E-state index in [9.17, 15) is 10.1 Å². The number of nitro groups is 1. The Hall–Kier alpha value is -2.11. The summed E-state index contributed by atoms with van der Waals surface area (Å²) in [7, 11) is 0. The summed E-state index contributed by atoms with van der Waals surface area (Å²) in [5, 5.41) is 12.6. The normalized spacial score (nSPS) is 10.9. The van der Waals surface area contributed by atoms with Gasteiger partial charge in [0.2, 0.25) is 0 Å². The van der Waals surface area contributed by atoms with E-state index in [1.54, 1.807) is 18.3 Å². The summed E-state index contributed by atoms with van der Waals surface area (Å²) >= 11 is 0. The van der Waals surface area contributed by atoms with E-state index in [4.69, 9.17) is 5.73 Å². The van der Waals surface area contributed by atoms with Crippen LogP contribution < -0.4 is 11.1 Å². The van der Waals surface area contributed by atoms with Gasteiger partial charge in [0, 0.05) is 6.20 Å². The smallest absolute Gasteiger partial charge is 0.274 e. The highest BCUT2D eigenvalue weighted by molar-refractivity contribution is 5.44. The van der Waals surface area contributed by atoms with Crippen molar-refractivity contribution in [1.82, 2.24) is 4.98 Å². The molecule has 1 aromatic rings. The first kappa shape index (κ1) is 8.98. The molecule has 13 heavy (non-hydrogen) atoms. The van der Waals surface area contributed by atoms with Crippen LogP contribution in [-0.2, 0) is 0 Å². The van der Waals surface area contributed by atoms with Gasteiger partial charge in [-0.25, -0.2) is 0 Å². The van der Waals surface area contributed by atoms with Gasteiger partial charge in [0.15, 0.2) is 5.82 Å². The molecule has 0 saturated carbocycles. The topological polar surface area (TPSA) is 94.1 Å². The Labute approximate surface area is 74.2 Å². The maximum absolute atomic E-state index is 9.99. The van der Waals surface area contributed by atoms with Gasteiger partial charge in [-0.05, 0) is 12.1 Å². The molecule has 0 bridgehead atoms. The van der Waals surface area contributed by atoms with Crippen LogP contribution >= 0.6 is 0 Å². The van der Waals surface area contributed by atoms with Crippen LogP contribution in [0.2, 0.25) is 0 Å². The molecule has 68 valence electrons. The van der Waals surface area contributed by atoms with Gasteiger partial charge in [-0.2, -0.15) is 0 Å². The molecule has 0 radical (unpaired) electrons. The zero-order chi connectivity index (χ0) is 9.68. The Balaban J connectivity index is 2.65. The van der Waals surface area contributed by atoms with E-state index >= 15 is 0 Å². The lowest BCUT2D eigenvalue weighted by molar-refractivity contribution is -0.403. The quantitative estimate of drug-likeness (QED) is 0.522. The molecule has 0 aliphatic carbocycles. The minimum Gasteiger partial charge on any atom is -0.380 e. The van der Waals surface area contributed by atoms with E-state index in [2.05, 4.69) is 10.3 Å². The molecular formula is C7H8N4O2. The van der Waals surface area contributed by atoms with Gasteiger partial charge in [-0.15, -0.1) is 0 Å². The molecule has 0 unspecified atom stereocenters. The molecule has 6 heteroatoms. The van der Waals surface area contributed by atoms with E-state index in [-0.39, 0.29) is 5.82 Å². The number of hydrogen-bond acceptors (Lipinski definition) is 5. The van der Waals surface area contributed by atoms with Crippen molar-refractivity contribution in [1.29, 1.82) is 0 Å². The lowest BCUT2D eigenvalue weighted by atomic mass is 10.4. The highest BCUT2D eigenvalue weighted by Crippen LogP contribution is 2.03. The van der Waals surface area contributed by atoms with Crippen molar-refractivity contribution < 1.29 is 4.92 Å². The summed E-state index contributed by atoms with van der Waals surface area (Å²) in [5.41, 5.74) is 5.90. The SMILES string of the molecule is NC(=C[N+](=O)[O-])Nc1cccnc1. The van der Waals surface area contributed by atoms with Gasteiger partial charge in [0.05, 0.1) is 16.8 Å². The summed E-state index contributed by atoms with van der Waals surface area (Å²) in [4.78, 5) is 13.2. The maximum Gasteiger partial charge on any atom is 0.274 e. The maximum atomic E-state index is 9.99. The number of nitrogens with one attached hydrogen (secondary N) is 1. The lowest BCUT2D eigenvalue weighted by Gasteiger charge is -2.01. The fourth-order valence-corrected chi connectivity index (χ4v) is 0.749. The first-order chi connectivity index (χ1) is 6.18. The van der Waals surface area contributed by atoms with Crippen molar-refractivity contribution in [3.8, 4) is 0 Å². The first-order valence-corrected chi connectivity index (χ1v) is 3.46. The van der Waals surface area contributed by atoms with Crippen molar-refractivity contribution in [2.45, 2.75) is 0 Å². The Kier molecular flexibility index (Phi) is 2.80. The molecule has 1 heterocycles. The molecule has 0 saturated heterocycles. The second-order valence-corrected chi connectivity index (χ2v) is 2.24. The summed E-state index contributed by atoms with van der Waals surface area (Å²) in [6.07, 6.45) is 3.80. The number of nitrogens with two attached hydrogens (primary N) is 1. The van der Waals surface area contributed by atoms with Crippen molar-refractivity contribution in [3.63, 3.8) is 0 Å². The van der Waals surface area contributed by atoms with Crippen LogP contribution in [0.25, 0.3) is 0 Å². The van der Waals surface area contributed by atoms with Crippen LogP contribution in [0, 0.1) is 10.1 Å². The summed E-state index contributed by atoms with van der Waals surface area (Å²) in [6.45, 7) is 0. The van der Waals surface area contributed by atoms with Crippen LogP contribution in [-0.4, -0.2) is 9.91 Å².